The maximum absolute atomic E-state index is 13.8. The number of ether oxygens (including phenoxy) is 2. The largest absolute Gasteiger partial charge is 0.356 e. The van der Waals surface area contributed by atoms with E-state index in [0.717, 1.165) is 17.0 Å². The molecule has 11 heteroatoms. The fraction of sp³-hybridized carbons (Fsp3) is 0.435. The van der Waals surface area contributed by atoms with Gasteiger partial charge < -0.3 is 19.7 Å². The number of piperidine rings is 1. The molecular weight excluding hydrogens is 468 g/mol. The van der Waals surface area contributed by atoms with E-state index in [9.17, 15) is 22.0 Å². The van der Waals surface area contributed by atoms with Crippen LogP contribution < -0.4 is 5.32 Å². The van der Waals surface area contributed by atoms with Gasteiger partial charge in [0.1, 0.15) is 11.6 Å². The van der Waals surface area contributed by atoms with Crippen molar-refractivity contribution < 1.29 is 31.5 Å². The number of hydrogen-bond acceptors (Lipinski definition) is 5. The fourth-order valence-corrected chi connectivity index (χ4v) is 5.41. The van der Waals surface area contributed by atoms with Gasteiger partial charge in [0.15, 0.2) is 6.29 Å². The van der Waals surface area contributed by atoms with Crippen molar-refractivity contribution in [2.45, 2.75) is 30.6 Å². The Bertz CT molecular complexity index is 1070. The van der Waals surface area contributed by atoms with Gasteiger partial charge in [-0.15, -0.1) is 0 Å². The van der Waals surface area contributed by atoms with Gasteiger partial charge in [0, 0.05) is 51.5 Å². The summed E-state index contributed by atoms with van der Waals surface area (Å²) in [5.74, 6) is -1.36. The van der Waals surface area contributed by atoms with Crippen LogP contribution in [0.25, 0.3) is 0 Å². The van der Waals surface area contributed by atoms with Crippen molar-refractivity contribution in [2.24, 2.45) is 5.92 Å². The lowest BCUT2D eigenvalue weighted by molar-refractivity contribution is -0.144. The maximum Gasteiger partial charge on any atom is 0.321 e. The summed E-state index contributed by atoms with van der Waals surface area (Å²) in [6.07, 6.45) is 0.879. The summed E-state index contributed by atoms with van der Waals surface area (Å²) >= 11 is 0. The van der Waals surface area contributed by atoms with E-state index >= 15 is 0 Å². The molecule has 1 heterocycles. The zero-order valence-electron chi connectivity index (χ0n) is 19.3. The molecule has 34 heavy (non-hydrogen) atoms. The van der Waals surface area contributed by atoms with Gasteiger partial charge in [0.25, 0.3) is 0 Å². The van der Waals surface area contributed by atoms with Crippen LogP contribution in [0.3, 0.4) is 0 Å². The number of urea groups is 1. The predicted octanol–water partition coefficient (Wildman–Crippen LogP) is 3.65. The smallest absolute Gasteiger partial charge is 0.321 e. The number of benzene rings is 2. The molecule has 2 aromatic carbocycles. The molecule has 2 amide bonds. The van der Waals surface area contributed by atoms with Crippen molar-refractivity contribution in [1.29, 1.82) is 0 Å². The molecule has 186 valence electrons. The predicted molar refractivity (Wildman–Crippen MR) is 123 cm³/mol. The van der Waals surface area contributed by atoms with E-state index in [2.05, 4.69) is 5.32 Å². The van der Waals surface area contributed by atoms with Gasteiger partial charge >= 0.3 is 6.03 Å². The monoisotopic (exact) mass is 497 g/mol. The third kappa shape index (κ3) is 5.90. The highest BCUT2D eigenvalue weighted by molar-refractivity contribution is 7.89. The number of anilines is 1. The van der Waals surface area contributed by atoms with Crippen LogP contribution in [0.1, 0.15) is 18.4 Å². The lowest BCUT2D eigenvalue weighted by Gasteiger charge is -2.34. The van der Waals surface area contributed by atoms with Crippen LogP contribution in [-0.2, 0) is 26.0 Å². The van der Waals surface area contributed by atoms with Gasteiger partial charge in [0.2, 0.25) is 10.0 Å². The average molecular weight is 498 g/mol. The molecule has 0 spiro atoms. The van der Waals surface area contributed by atoms with Crippen molar-refractivity contribution >= 4 is 21.7 Å². The van der Waals surface area contributed by atoms with Gasteiger partial charge in [-0.2, -0.15) is 4.31 Å². The van der Waals surface area contributed by atoms with E-state index < -0.39 is 27.7 Å². The summed E-state index contributed by atoms with van der Waals surface area (Å²) in [4.78, 5) is 13.7. The summed E-state index contributed by atoms with van der Waals surface area (Å²) < 4.78 is 65.7. The summed E-state index contributed by atoms with van der Waals surface area (Å²) in [7, 11) is 0.839. The summed E-state index contributed by atoms with van der Waals surface area (Å²) in [5.41, 5.74) is 0.138. The molecule has 2 aromatic rings. The zero-order chi connectivity index (χ0) is 24.9. The molecular formula is C23H29F2N3O5S. The van der Waals surface area contributed by atoms with Crippen LogP contribution in [0.2, 0.25) is 0 Å². The number of halogens is 2. The fourth-order valence-electron chi connectivity index (χ4n) is 3.94. The Balaban J connectivity index is 1.60. The lowest BCUT2D eigenvalue weighted by Crippen LogP contribution is -2.42. The van der Waals surface area contributed by atoms with Gasteiger partial charge in [-0.3, -0.25) is 0 Å². The van der Waals surface area contributed by atoms with Gasteiger partial charge in [-0.1, -0.05) is 6.07 Å². The first-order chi connectivity index (χ1) is 16.2. The molecule has 0 atom stereocenters. The number of methoxy groups -OCH3 is 2. The van der Waals surface area contributed by atoms with E-state index in [4.69, 9.17) is 9.47 Å². The first kappa shape index (κ1) is 26.0. The van der Waals surface area contributed by atoms with Crippen molar-refractivity contribution in [3.63, 3.8) is 0 Å². The van der Waals surface area contributed by atoms with E-state index in [-0.39, 0.29) is 29.2 Å². The molecule has 1 N–H and O–H groups in total. The van der Waals surface area contributed by atoms with Crippen molar-refractivity contribution in [1.82, 2.24) is 9.21 Å². The molecule has 0 aromatic heterocycles. The molecule has 1 saturated heterocycles. The van der Waals surface area contributed by atoms with Gasteiger partial charge in [-0.05, 0) is 49.2 Å². The van der Waals surface area contributed by atoms with Crippen molar-refractivity contribution in [3.05, 3.63) is 59.7 Å². The number of nitrogens with zero attached hydrogens (tertiary/aromatic N) is 2. The third-order valence-electron chi connectivity index (χ3n) is 5.90. The first-order valence-electron chi connectivity index (χ1n) is 10.8. The normalized spacial score (nSPS) is 15.5. The molecule has 1 fully saturated rings. The number of carbonyl (C=O) groups is 1. The van der Waals surface area contributed by atoms with E-state index in [1.165, 1.54) is 41.7 Å². The van der Waals surface area contributed by atoms with E-state index in [0.29, 0.717) is 31.6 Å². The molecule has 0 bridgehead atoms. The zero-order valence-corrected chi connectivity index (χ0v) is 20.1. The summed E-state index contributed by atoms with van der Waals surface area (Å²) in [5, 5.41) is 2.60. The van der Waals surface area contributed by atoms with E-state index in [1.807, 2.05) is 0 Å². The molecule has 0 radical (unpaired) electrons. The highest BCUT2D eigenvalue weighted by atomic mass is 32.2. The highest BCUT2D eigenvalue weighted by Crippen LogP contribution is 2.27. The quantitative estimate of drug-likeness (QED) is 0.563. The number of sulfonamides is 1. The summed E-state index contributed by atoms with van der Waals surface area (Å²) in [6, 6.07) is 8.69. The van der Waals surface area contributed by atoms with Crippen LogP contribution in [0.15, 0.2) is 47.4 Å². The molecule has 3 rings (SSSR count). The SMILES string of the molecule is COC(OC)C1CCN(S(=O)(=O)c2ccc(NC(=O)N(C)Cc3c(F)cccc3F)cc2)CC1. The van der Waals surface area contributed by atoms with Crippen LogP contribution in [0.5, 0.6) is 0 Å². The number of carbonyl (C=O) groups excluding carboxylic acids is 1. The second kappa shape index (κ2) is 11.2. The Morgan fingerprint density at radius 2 is 1.65 bits per heavy atom. The van der Waals surface area contributed by atoms with Crippen LogP contribution in [0.4, 0.5) is 19.3 Å². The molecule has 0 unspecified atom stereocenters. The molecule has 0 aliphatic carbocycles. The number of rotatable bonds is 8. The standard InChI is InChI=1S/C23H29F2N3O5S/c1-27(15-19-20(24)5-4-6-21(19)25)23(29)26-17-7-9-18(10-8-17)34(30,31)28-13-11-16(12-14-28)22(32-2)33-3/h4-10,16,22H,11-15H2,1-3H3,(H,26,29). The van der Waals surface area contributed by atoms with Gasteiger partial charge in [-0.25, -0.2) is 22.0 Å². The maximum atomic E-state index is 13.8. The number of nitrogens with one attached hydrogen (secondary N) is 1. The minimum atomic E-state index is -3.69. The molecule has 8 nitrogen and oxygen atoms in total. The van der Waals surface area contributed by atoms with Crippen LogP contribution >= 0.6 is 0 Å². The number of amides is 2. The highest BCUT2D eigenvalue weighted by Gasteiger charge is 2.32. The summed E-state index contributed by atoms with van der Waals surface area (Å²) in [6.45, 7) is 0.442. The van der Waals surface area contributed by atoms with E-state index in [1.54, 1.807) is 14.2 Å². The number of hydrogen-bond donors (Lipinski definition) is 1. The Kier molecular flexibility index (Phi) is 8.58. The Morgan fingerprint density at radius 3 is 2.18 bits per heavy atom. The van der Waals surface area contributed by atoms with Crippen LogP contribution in [-0.4, -0.2) is 64.3 Å². The van der Waals surface area contributed by atoms with Crippen LogP contribution in [0, 0.1) is 17.6 Å². The minimum absolute atomic E-state index is 0.112. The minimum Gasteiger partial charge on any atom is -0.356 e. The molecule has 1 aliphatic heterocycles. The average Bonchev–Trinajstić information content (AvgIpc) is 2.83. The van der Waals surface area contributed by atoms with Crippen molar-refractivity contribution in [3.8, 4) is 0 Å². The van der Waals surface area contributed by atoms with Crippen molar-refractivity contribution in [2.75, 3.05) is 39.7 Å². The second-order valence-corrected chi connectivity index (χ2v) is 10.0. The second-order valence-electron chi connectivity index (χ2n) is 8.09. The first-order valence-corrected chi connectivity index (χ1v) is 12.2. The Morgan fingerprint density at radius 1 is 1.09 bits per heavy atom. The topological polar surface area (TPSA) is 88.2 Å². The van der Waals surface area contributed by atoms with Gasteiger partial charge in [0.05, 0.1) is 11.4 Å². The Labute approximate surface area is 198 Å². The third-order valence-corrected chi connectivity index (χ3v) is 7.81. The Hall–Kier alpha value is -2.60. The lowest BCUT2D eigenvalue weighted by atomic mass is 9.97. The molecule has 0 saturated carbocycles. The molecule has 1 aliphatic rings.